The van der Waals surface area contributed by atoms with Gasteiger partial charge < -0.3 is 10.5 Å². The topological polar surface area (TPSA) is 76.7 Å². The lowest BCUT2D eigenvalue weighted by atomic mass is 9.93. The molecule has 3 N–H and O–H groups in total. The van der Waals surface area contributed by atoms with Crippen molar-refractivity contribution in [3.8, 4) is 0 Å². The number of cyclic esters (lactones) is 1. The van der Waals surface area contributed by atoms with Gasteiger partial charge in [0.15, 0.2) is 5.11 Å². The van der Waals surface area contributed by atoms with Crippen LogP contribution in [0, 0.1) is 5.92 Å². The third kappa shape index (κ3) is 3.77. The summed E-state index contributed by atoms with van der Waals surface area (Å²) in [7, 11) is 0. The average Bonchev–Trinajstić information content (AvgIpc) is 2.36. The molecule has 1 aliphatic heterocycles. The third-order valence-corrected chi connectivity index (χ3v) is 2.44. The molecule has 6 heteroatoms. The van der Waals surface area contributed by atoms with Gasteiger partial charge in [-0.15, -0.1) is 0 Å². The van der Waals surface area contributed by atoms with Crippen LogP contribution in [0.5, 0.6) is 0 Å². The van der Waals surface area contributed by atoms with E-state index in [1.807, 2.05) is 20.8 Å². The Labute approximate surface area is 100 Å². The number of ether oxygens (including phenoxy) is 1. The van der Waals surface area contributed by atoms with Crippen LogP contribution >= 0.6 is 12.2 Å². The largest absolute Gasteiger partial charge is 0.459 e. The molecule has 1 heterocycles. The Balaban J connectivity index is 2.52. The highest BCUT2D eigenvalue weighted by Gasteiger charge is 2.39. The molecule has 0 aromatic rings. The molecule has 0 bridgehead atoms. The highest BCUT2D eigenvalue weighted by atomic mass is 32.1. The van der Waals surface area contributed by atoms with Crippen molar-refractivity contribution in [3.05, 3.63) is 0 Å². The monoisotopic (exact) mass is 243 g/mol. The van der Waals surface area contributed by atoms with Gasteiger partial charge >= 0.3 is 5.97 Å². The second kappa shape index (κ2) is 4.78. The van der Waals surface area contributed by atoms with Crippen LogP contribution in [0.2, 0.25) is 0 Å². The average molecular weight is 243 g/mol. The maximum absolute atomic E-state index is 11.5. The molecule has 1 aliphatic rings. The van der Waals surface area contributed by atoms with Crippen molar-refractivity contribution in [3.63, 3.8) is 0 Å². The Morgan fingerprint density at radius 3 is 2.81 bits per heavy atom. The Morgan fingerprint density at radius 2 is 2.38 bits per heavy atom. The number of thiocarbonyl (C=S) groups is 1. The minimum absolute atomic E-state index is 0.119. The molecule has 0 aromatic carbocycles. The summed E-state index contributed by atoms with van der Waals surface area (Å²) in [6.45, 7) is 5.64. The van der Waals surface area contributed by atoms with Crippen molar-refractivity contribution in [1.29, 1.82) is 0 Å². The normalized spacial score (nSPS) is 24.1. The van der Waals surface area contributed by atoms with E-state index in [9.17, 15) is 4.79 Å². The van der Waals surface area contributed by atoms with Crippen LogP contribution in [0.4, 0.5) is 0 Å². The summed E-state index contributed by atoms with van der Waals surface area (Å²) in [4.78, 5) is 11.5. The predicted octanol–water partition coefficient (Wildman–Crippen LogP) is 0.927. The predicted molar refractivity (Wildman–Crippen MR) is 65.9 cm³/mol. The first kappa shape index (κ1) is 12.9. The molecule has 16 heavy (non-hydrogen) atoms. The minimum Gasteiger partial charge on any atom is -0.459 e. The number of carbonyl (C=O) groups is 1. The molecular formula is C10H17N3O2S. The Hall–Kier alpha value is -1.17. The summed E-state index contributed by atoms with van der Waals surface area (Å²) >= 11 is 4.62. The Bertz CT molecular complexity index is 339. The molecule has 1 atom stereocenters. The molecule has 0 aromatic heterocycles. The fourth-order valence-electron chi connectivity index (χ4n) is 1.78. The molecule has 0 unspecified atom stereocenters. The number of carbonyl (C=O) groups excluding carboxylic acids is 1. The Morgan fingerprint density at radius 1 is 1.75 bits per heavy atom. The number of nitrogens with zero attached hydrogens (tertiary/aromatic N) is 1. The van der Waals surface area contributed by atoms with E-state index in [-0.39, 0.29) is 22.6 Å². The van der Waals surface area contributed by atoms with Crippen LogP contribution in [0.25, 0.3) is 0 Å². The maximum Gasteiger partial charge on any atom is 0.310 e. The van der Waals surface area contributed by atoms with Crippen molar-refractivity contribution in [2.45, 2.75) is 39.2 Å². The molecule has 5 nitrogen and oxygen atoms in total. The number of hydrogen-bond acceptors (Lipinski definition) is 4. The van der Waals surface area contributed by atoms with Crippen molar-refractivity contribution in [1.82, 2.24) is 5.43 Å². The molecular weight excluding hydrogens is 226 g/mol. The van der Waals surface area contributed by atoms with Crippen molar-refractivity contribution >= 4 is 29.0 Å². The van der Waals surface area contributed by atoms with Gasteiger partial charge in [-0.3, -0.25) is 10.2 Å². The zero-order chi connectivity index (χ0) is 12.3. The fourth-order valence-corrected chi connectivity index (χ4v) is 1.83. The van der Waals surface area contributed by atoms with E-state index in [1.54, 1.807) is 0 Å². The van der Waals surface area contributed by atoms with Gasteiger partial charge in [0.25, 0.3) is 0 Å². The van der Waals surface area contributed by atoms with Gasteiger partial charge in [0.1, 0.15) is 5.60 Å². The van der Waals surface area contributed by atoms with E-state index in [4.69, 9.17) is 10.5 Å². The SMILES string of the molecule is CC(C[C@H]1CC(C)(C)OC1=O)=NNC(N)=S. The van der Waals surface area contributed by atoms with Crippen LogP contribution in [0.1, 0.15) is 33.6 Å². The van der Waals surface area contributed by atoms with E-state index in [1.165, 1.54) is 0 Å². The molecule has 90 valence electrons. The highest BCUT2D eigenvalue weighted by Crippen LogP contribution is 2.32. The second-order valence-electron chi connectivity index (χ2n) is 4.61. The van der Waals surface area contributed by atoms with Crippen molar-refractivity contribution in [2.24, 2.45) is 16.8 Å². The van der Waals surface area contributed by atoms with Gasteiger partial charge in [-0.2, -0.15) is 5.10 Å². The lowest BCUT2D eigenvalue weighted by Gasteiger charge is -2.14. The molecule has 0 amide bonds. The van der Waals surface area contributed by atoms with Crippen molar-refractivity contribution in [2.75, 3.05) is 0 Å². The Kier molecular flexibility index (Phi) is 3.85. The summed E-state index contributed by atoms with van der Waals surface area (Å²) in [6.07, 6.45) is 1.28. The summed E-state index contributed by atoms with van der Waals surface area (Å²) in [5.41, 5.74) is 8.16. The van der Waals surface area contributed by atoms with Gasteiger partial charge in [-0.05, 0) is 33.0 Å². The van der Waals surface area contributed by atoms with Gasteiger partial charge in [0.05, 0.1) is 5.92 Å². The number of nitrogens with one attached hydrogen (secondary N) is 1. The molecule has 0 radical (unpaired) electrons. The van der Waals surface area contributed by atoms with E-state index in [2.05, 4.69) is 22.7 Å². The highest BCUT2D eigenvalue weighted by molar-refractivity contribution is 7.80. The van der Waals surface area contributed by atoms with Crippen molar-refractivity contribution < 1.29 is 9.53 Å². The molecule has 0 saturated carbocycles. The van der Waals surface area contributed by atoms with Crippen LogP contribution in [0.3, 0.4) is 0 Å². The smallest absolute Gasteiger partial charge is 0.310 e. The van der Waals surface area contributed by atoms with E-state index < -0.39 is 0 Å². The standard InChI is InChI=1S/C10H17N3O2S/c1-6(12-13-9(11)16)4-7-5-10(2,3)15-8(7)14/h7H,4-5H2,1-3H3,(H3,11,13,16)/t7-/m0/s1. The van der Waals surface area contributed by atoms with Gasteiger partial charge in [-0.25, -0.2) is 0 Å². The van der Waals surface area contributed by atoms with Crippen LogP contribution in [-0.2, 0) is 9.53 Å². The zero-order valence-electron chi connectivity index (χ0n) is 9.74. The zero-order valence-corrected chi connectivity index (χ0v) is 10.6. The first-order valence-electron chi connectivity index (χ1n) is 5.11. The minimum atomic E-state index is -0.362. The molecule has 1 fully saturated rings. The van der Waals surface area contributed by atoms with Crippen LogP contribution in [-0.4, -0.2) is 22.4 Å². The van der Waals surface area contributed by atoms with Crippen LogP contribution in [0.15, 0.2) is 5.10 Å². The summed E-state index contributed by atoms with van der Waals surface area (Å²) in [5, 5.41) is 4.08. The van der Waals surface area contributed by atoms with Crippen LogP contribution < -0.4 is 11.2 Å². The number of esters is 1. The number of rotatable bonds is 3. The lowest BCUT2D eigenvalue weighted by molar-refractivity contribution is -0.148. The lowest BCUT2D eigenvalue weighted by Crippen LogP contribution is -2.25. The first-order valence-corrected chi connectivity index (χ1v) is 5.52. The van der Waals surface area contributed by atoms with Gasteiger partial charge in [0.2, 0.25) is 0 Å². The molecule has 0 spiro atoms. The van der Waals surface area contributed by atoms with Gasteiger partial charge in [-0.1, -0.05) is 0 Å². The molecule has 1 saturated heterocycles. The number of hydrogen-bond donors (Lipinski definition) is 2. The fraction of sp³-hybridized carbons (Fsp3) is 0.700. The summed E-state index contributed by atoms with van der Waals surface area (Å²) < 4.78 is 5.22. The maximum atomic E-state index is 11.5. The summed E-state index contributed by atoms with van der Waals surface area (Å²) in [5.74, 6) is -0.276. The van der Waals surface area contributed by atoms with E-state index in [0.717, 1.165) is 5.71 Å². The quantitative estimate of drug-likeness (QED) is 0.334. The summed E-state index contributed by atoms with van der Waals surface area (Å²) in [6, 6.07) is 0. The van der Waals surface area contributed by atoms with Gasteiger partial charge in [0, 0.05) is 18.6 Å². The van der Waals surface area contributed by atoms with E-state index >= 15 is 0 Å². The first-order chi connectivity index (χ1) is 7.30. The molecule has 0 aliphatic carbocycles. The molecule has 1 rings (SSSR count). The second-order valence-corrected chi connectivity index (χ2v) is 5.05. The number of nitrogens with two attached hydrogens (primary N) is 1. The third-order valence-electron chi connectivity index (χ3n) is 2.35. The van der Waals surface area contributed by atoms with E-state index in [0.29, 0.717) is 12.8 Å². The number of hydrazone groups is 1.